The van der Waals surface area contributed by atoms with Gasteiger partial charge in [-0.15, -0.1) is 0 Å². The molecule has 0 fully saturated rings. The molecule has 32 heavy (non-hydrogen) atoms. The van der Waals surface area contributed by atoms with Crippen LogP contribution in [-0.4, -0.2) is 24.6 Å². The van der Waals surface area contributed by atoms with Crippen molar-refractivity contribution in [2.24, 2.45) is 0 Å². The predicted octanol–water partition coefficient (Wildman–Crippen LogP) is 6.72. The molecule has 0 aromatic heterocycles. The van der Waals surface area contributed by atoms with Gasteiger partial charge in [0.05, 0.1) is 24.6 Å². The summed E-state index contributed by atoms with van der Waals surface area (Å²) < 4.78 is 11.6. The second kappa shape index (κ2) is 11.8. The highest BCUT2D eigenvalue weighted by atomic mass is 79.9. The molecule has 0 N–H and O–H groups in total. The Hall–Kier alpha value is -2.63. The first-order chi connectivity index (χ1) is 15.5. The van der Waals surface area contributed by atoms with Gasteiger partial charge in [-0.25, -0.2) is 0 Å². The molecule has 3 aromatic carbocycles. The normalized spacial score (nSPS) is 12.9. The molecule has 3 aromatic rings. The maximum absolute atomic E-state index is 12.7. The zero-order valence-corrected chi connectivity index (χ0v) is 20.4. The van der Waals surface area contributed by atoms with Crippen LogP contribution >= 0.6 is 15.9 Å². The van der Waals surface area contributed by atoms with Crippen molar-refractivity contribution >= 4 is 21.9 Å². The van der Waals surface area contributed by atoms with Gasteiger partial charge in [0, 0.05) is 18.6 Å². The Labute approximate surface area is 199 Å². The highest BCUT2D eigenvalue weighted by Crippen LogP contribution is 2.37. The number of rotatable bonds is 10. The summed E-state index contributed by atoms with van der Waals surface area (Å²) in [6.07, 6.45) is 0.261. The Balaban J connectivity index is 2.06. The minimum atomic E-state index is -0.206. The molecule has 0 spiro atoms. The molecule has 0 aliphatic heterocycles. The van der Waals surface area contributed by atoms with Gasteiger partial charge in [0.15, 0.2) is 0 Å². The zero-order chi connectivity index (χ0) is 22.9. The van der Waals surface area contributed by atoms with Gasteiger partial charge in [-0.3, -0.25) is 9.69 Å². The van der Waals surface area contributed by atoms with E-state index in [1.54, 1.807) is 7.11 Å². The molecule has 4 nitrogen and oxygen atoms in total. The number of ether oxygens (including phenoxy) is 2. The molecule has 0 heterocycles. The third-order valence-corrected chi connectivity index (χ3v) is 6.23. The fourth-order valence-electron chi connectivity index (χ4n) is 3.93. The maximum Gasteiger partial charge on any atom is 0.307 e. The predicted molar refractivity (Wildman–Crippen MR) is 132 cm³/mol. The van der Waals surface area contributed by atoms with Crippen molar-refractivity contribution in [3.05, 3.63) is 100 Å². The number of hydrogen-bond acceptors (Lipinski definition) is 4. The summed E-state index contributed by atoms with van der Waals surface area (Å²) in [5.41, 5.74) is 3.42. The molecular formula is C27H30BrNO3. The molecular weight excluding hydrogens is 466 g/mol. The Morgan fingerprint density at radius 1 is 0.969 bits per heavy atom. The van der Waals surface area contributed by atoms with Crippen LogP contribution in [0.1, 0.15) is 49.0 Å². The van der Waals surface area contributed by atoms with Crippen LogP contribution in [0.15, 0.2) is 83.3 Å². The third-order valence-electron chi connectivity index (χ3n) is 5.61. The molecule has 0 saturated heterocycles. The Morgan fingerprint density at radius 3 is 2.22 bits per heavy atom. The van der Waals surface area contributed by atoms with E-state index in [4.69, 9.17) is 9.47 Å². The van der Waals surface area contributed by atoms with Gasteiger partial charge in [-0.2, -0.15) is 0 Å². The number of esters is 1. The van der Waals surface area contributed by atoms with Crippen molar-refractivity contribution < 1.29 is 14.3 Å². The highest BCUT2D eigenvalue weighted by molar-refractivity contribution is 9.10. The van der Waals surface area contributed by atoms with Crippen LogP contribution in [0.25, 0.3) is 0 Å². The summed E-state index contributed by atoms with van der Waals surface area (Å²) in [5, 5.41) is 0. The van der Waals surface area contributed by atoms with E-state index in [0.29, 0.717) is 13.2 Å². The van der Waals surface area contributed by atoms with E-state index in [-0.39, 0.29) is 24.5 Å². The van der Waals surface area contributed by atoms with Crippen LogP contribution in [0.5, 0.6) is 5.75 Å². The summed E-state index contributed by atoms with van der Waals surface area (Å²) in [6, 6.07) is 26.7. The van der Waals surface area contributed by atoms with Crippen LogP contribution in [-0.2, 0) is 16.1 Å². The number of benzene rings is 3. The molecule has 0 aliphatic rings. The van der Waals surface area contributed by atoms with Crippen molar-refractivity contribution in [2.45, 2.75) is 38.9 Å². The molecule has 0 saturated carbocycles. The summed E-state index contributed by atoms with van der Waals surface area (Å²) in [4.78, 5) is 15.0. The SMILES string of the molecule is CCOC(=O)CC(c1ccc(OC)c(Br)c1)N(Cc1ccccc1)C(C)c1ccccc1. The largest absolute Gasteiger partial charge is 0.496 e. The van der Waals surface area contributed by atoms with Crippen LogP contribution in [0.3, 0.4) is 0 Å². The first-order valence-corrected chi connectivity index (χ1v) is 11.7. The van der Waals surface area contributed by atoms with Crippen molar-refractivity contribution in [3.63, 3.8) is 0 Å². The monoisotopic (exact) mass is 495 g/mol. The molecule has 0 bridgehead atoms. The van der Waals surface area contributed by atoms with E-state index < -0.39 is 0 Å². The average Bonchev–Trinajstić information content (AvgIpc) is 2.82. The summed E-state index contributed by atoms with van der Waals surface area (Å²) in [5.74, 6) is 0.553. The smallest absolute Gasteiger partial charge is 0.307 e. The number of hydrogen-bond donors (Lipinski definition) is 0. The standard InChI is InChI=1S/C27H30BrNO3/c1-4-32-27(30)18-25(23-15-16-26(31-3)24(28)17-23)29(19-21-11-7-5-8-12-21)20(2)22-13-9-6-10-14-22/h5-17,20,25H,4,18-19H2,1-3H3. The average molecular weight is 496 g/mol. The lowest BCUT2D eigenvalue weighted by Crippen LogP contribution is -2.33. The van der Waals surface area contributed by atoms with Crippen LogP contribution in [0.2, 0.25) is 0 Å². The second-order valence-corrected chi connectivity index (χ2v) is 8.52. The van der Waals surface area contributed by atoms with Gasteiger partial charge < -0.3 is 9.47 Å². The molecule has 2 unspecified atom stereocenters. The van der Waals surface area contributed by atoms with E-state index in [9.17, 15) is 4.79 Å². The molecule has 5 heteroatoms. The van der Waals surface area contributed by atoms with Gasteiger partial charge in [0.1, 0.15) is 5.75 Å². The highest BCUT2D eigenvalue weighted by Gasteiger charge is 2.29. The number of carbonyl (C=O) groups excluding carboxylic acids is 1. The summed E-state index contributed by atoms with van der Waals surface area (Å²) in [6.45, 7) is 5.09. The van der Waals surface area contributed by atoms with Gasteiger partial charge >= 0.3 is 5.97 Å². The number of methoxy groups -OCH3 is 1. The minimum absolute atomic E-state index is 0.0803. The number of nitrogens with zero attached hydrogens (tertiary/aromatic N) is 1. The molecule has 3 rings (SSSR count). The van der Waals surface area contributed by atoms with Gasteiger partial charge in [-0.05, 0) is 58.6 Å². The lowest BCUT2D eigenvalue weighted by atomic mass is 9.96. The summed E-state index contributed by atoms with van der Waals surface area (Å²) >= 11 is 3.61. The lowest BCUT2D eigenvalue weighted by molar-refractivity contribution is -0.145. The van der Waals surface area contributed by atoms with E-state index in [1.165, 1.54) is 11.1 Å². The minimum Gasteiger partial charge on any atom is -0.496 e. The lowest BCUT2D eigenvalue weighted by Gasteiger charge is -2.37. The topological polar surface area (TPSA) is 38.8 Å². The quantitative estimate of drug-likeness (QED) is 0.292. The number of carbonyl (C=O) groups is 1. The van der Waals surface area contributed by atoms with Crippen LogP contribution in [0, 0.1) is 0 Å². The second-order valence-electron chi connectivity index (χ2n) is 7.66. The summed E-state index contributed by atoms with van der Waals surface area (Å²) in [7, 11) is 1.65. The maximum atomic E-state index is 12.7. The molecule has 168 valence electrons. The van der Waals surface area contributed by atoms with E-state index >= 15 is 0 Å². The first kappa shape index (κ1) is 24.0. The van der Waals surface area contributed by atoms with E-state index in [0.717, 1.165) is 15.8 Å². The van der Waals surface area contributed by atoms with Crippen molar-refractivity contribution in [2.75, 3.05) is 13.7 Å². The third kappa shape index (κ3) is 6.21. The van der Waals surface area contributed by atoms with E-state index in [2.05, 4.69) is 64.2 Å². The van der Waals surface area contributed by atoms with Crippen LogP contribution < -0.4 is 4.74 Å². The molecule has 0 amide bonds. The molecule has 2 atom stereocenters. The van der Waals surface area contributed by atoms with Crippen molar-refractivity contribution in [3.8, 4) is 5.75 Å². The van der Waals surface area contributed by atoms with Gasteiger partial charge in [0.2, 0.25) is 0 Å². The van der Waals surface area contributed by atoms with Crippen molar-refractivity contribution in [1.29, 1.82) is 0 Å². The Morgan fingerprint density at radius 2 is 1.62 bits per heavy atom. The fourth-order valence-corrected chi connectivity index (χ4v) is 4.49. The number of halogens is 1. The van der Waals surface area contributed by atoms with Crippen LogP contribution in [0.4, 0.5) is 0 Å². The zero-order valence-electron chi connectivity index (χ0n) is 18.8. The Bertz CT molecular complexity index is 994. The first-order valence-electron chi connectivity index (χ1n) is 10.9. The van der Waals surface area contributed by atoms with E-state index in [1.807, 2.05) is 49.4 Å². The van der Waals surface area contributed by atoms with Gasteiger partial charge in [0.25, 0.3) is 0 Å². The fraction of sp³-hybridized carbons (Fsp3) is 0.296. The Kier molecular flexibility index (Phi) is 8.89. The molecule has 0 radical (unpaired) electrons. The molecule has 0 aliphatic carbocycles. The van der Waals surface area contributed by atoms with Crippen molar-refractivity contribution in [1.82, 2.24) is 4.90 Å². The van der Waals surface area contributed by atoms with Gasteiger partial charge in [-0.1, -0.05) is 66.7 Å².